The van der Waals surface area contributed by atoms with Crippen LogP contribution in [0.5, 0.6) is 0 Å². The Kier molecular flexibility index (Phi) is 4.97. The second kappa shape index (κ2) is 6.71. The zero-order valence-electron chi connectivity index (χ0n) is 13.0. The maximum Gasteiger partial charge on any atom is 0.0127 e. The highest BCUT2D eigenvalue weighted by Gasteiger charge is 2.11. The zero-order chi connectivity index (χ0) is 14.5. The van der Waals surface area contributed by atoms with Crippen LogP contribution in [0.2, 0.25) is 0 Å². The molecule has 0 saturated heterocycles. The molecule has 0 fully saturated rings. The van der Waals surface area contributed by atoms with E-state index in [1.54, 1.807) is 0 Å². The minimum atomic E-state index is 0.541. The lowest BCUT2D eigenvalue weighted by Crippen LogP contribution is -2.32. The van der Waals surface area contributed by atoms with Crippen molar-refractivity contribution < 1.29 is 0 Å². The Morgan fingerprint density at radius 1 is 0.950 bits per heavy atom. The second-order valence-corrected chi connectivity index (χ2v) is 5.91. The molecule has 1 unspecified atom stereocenters. The largest absolute Gasteiger partial charge is 0.316 e. The standard InChI is InChI=1S/C19H25N/c1-14(2)19(20-4)13-16-8-10-17(11-9-16)18-7-5-6-15(3)12-18/h5-12,14,19-20H,13H2,1-4H3. The maximum atomic E-state index is 3.40. The van der Waals surface area contributed by atoms with Gasteiger partial charge >= 0.3 is 0 Å². The van der Waals surface area contributed by atoms with Crippen molar-refractivity contribution in [3.63, 3.8) is 0 Å². The molecule has 0 aromatic heterocycles. The number of nitrogens with one attached hydrogen (secondary N) is 1. The summed E-state index contributed by atoms with van der Waals surface area (Å²) in [5, 5.41) is 3.40. The molecule has 0 radical (unpaired) electrons. The van der Waals surface area contributed by atoms with E-state index in [4.69, 9.17) is 0 Å². The van der Waals surface area contributed by atoms with Crippen molar-refractivity contribution in [3.8, 4) is 11.1 Å². The smallest absolute Gasteiger partial charge is 0.0127 e. The minimum Gasteiger partial charge on any atom is -0.316 e. The molecule has 0 aliphatic carbocycles. The van der Waals surface area contributed by atoms with Crippen molar-refractivity contribution in [2.45, 2.75) is 33.2 Å². The molecule has 20 heavy (non-hydrogen) atoms. The summed E-state index contributed by atoms with van der Waals surface area (Å²) in [6, 6.07) is 18.2. The molecular weight excluding hydrogens is 242 g/mol. The molecule has 1 atom stereocenters. The molecule has 0 saturated carbocycles. The van der Waals surface area contributed by atoms with E-state index in [0.717, 1.165) is 6.42 Å². The van der Waals surface area contributed by atoms with Gasteiger partial charge in [-0.3, -0.25) is 0 Å². The van der Waals surface area contributed by atoms with Crippen LogP contribution < -0.4 is 5.32 Å². The normalized spacial score (nSPS) is 12.7. The van der Waals surface area contributed by atoms with Crippen LogP contribution in [-0.4, -0.2) is 13.1 Å². The van der Waals surface area contributed by atoms with Crippen LogP contribution in [0.1, 0.15) is 25.0 Å². The molecule has 0 bridgehead atoms. The Balaban J connectivity index is 2.14. The first kappa shape index (κ1) is 14.8. The lowest BCUT2D eigenvalue weighted by Gasteiger charge is -2.20. The van der Waals surface area contributed by atoms with E-state index < -0.39 is 0 Å². The van der Waals surface area contributed by atoms with E-state index in [2.05, 4.69) is 74.6 Å². The first-order valence-corrected chi connectivity index (χ1v) is 7.43. The van der Waals surface area contributed by atoms with Crippen molar-refractivity contribution >= 4 is 0 Å². The number of hydrogen-bond acceptors (Lipinski definition) is 1. The van der Waals surface area contributed by atoms with E-state index in [1.165, 1.54) is 22.3 Å². The van der Waals surface area contributed by atoms with Gasteiger partial charge in [-0.15, -0.1) is 0 Å². The Labute approximate surface area is 123 Å². The Bertz CT molecular complexity index is 540. The van der Waals surface area contributed by atoms with Crippen LogP contribution in [0.25, 0.3) is 11.1 Å². The molecule has 0 spiro atoms. The predicted molar refractivity (Wildman–Crippen MR) is 88.0 cm³/mol. The zero-order valence-corrected chi connectivity index (χ0v) is 13.0. The summed E-state index contributed by atoms with van der Waals surface area (Å²) in [5.74, 6) is 0.649. The van der Waals surface area contributed by atoms with Gasteiger partial charge in [0.1, 0.15) is 0 Å². The molecule has 2 aromatic carbocycles. The Hall–Kier alpha value is -1.60. The predicted octanol–water partition coefficient (Wildman–Crippen LogP) is 4.45. The molecule has 106 valence electrons. The third-order valence-corrected chi connectivity index (χ3v) is 3.94. The van der Waals surface area contributed by atoms with Crippen LogP contribution >= 0.6 is 0 Å². The molecule has 0 aliphatic rings. The fraction of sp³-hybridized carbons (Fsp3) is 0.368. The van der Waals surface area contributed by atoms with E-state index in [0.29, 0.717) is 12.0 Å². The Morgan fingerprint density at radius 2 is 1.65 bits per heavy atom. The third kappa shape index (κ3) is 3.71. The van der Waals surface area contributed by atoms with Crippen molar-refractivity contribution in [3.05, 3.63) is 59.7 Å². The van der Waals surface area contributed by atoms with Crippen molar-refractivity contribution in [2.24, 2.45) is 5.92 Å². The van der Waals surface area contributed by atoms with Crippen molar-refractivity contribution in [1.29, 1.82) is 0 Å². The van der Waals surface area contributed by atoms with Crippen molar-refractivity contribution in [1.82, 2.24) is 5.32 Å². The van der Waals surface area contributed by atoms with Gasteiger partial charge < -0.3 is 5.32 Å². The molecule has 1 nitrogen and oxygen atoms in total. The van der Waals surface area contributed by atoms with Crippen LogP contribution in [0.3, 0.4) is 0 Å². The van der Waals surface area contributed by atoms with Gasteiger partial charge in [0.15, 0.2) is 0 Å². The average Bonchev–Trinajstić information content (AvgIpc) is 2.45. The summed E-state index contributed by atoms with van der Waals surface area (Å²) < 4.78 is 0. The fourth-order valence-electron chi connectivity index (χ4n) is 2.58. The minimum absolute atomic E-state index is 0.541. The van der Waals surface area contributed by atoms with Crippen LogP contribution in [0.4, 0.5) is 0 Å². The first-order valence-electron chi connectivity index (χ1n) is 7.43. The third-order valence-electron chi connectivity index (χ3n) is 3.94. The van der Waals surface area contributed by atoms with Gasteiger partial charge in [0.05, 0.1) is 0 Å². The van der Waals surface area contributed by atoms with E-state index >= 15 is 0 Å². The SMILES string of the molecule is CNC(Cc1ccc(-c2cccc(C)c2)cc1)C(C)C. The maximum absolute atomic E-state index is 3.40. The molecule has 2 aromatic rings. The quantitative estimate of drug-likeness (QED) is 0.844. The molecule has 1 heteroatoms. The van der Waals surface area contributed by atoms with Gasteiger partial charge in [0.25, 0.3) is 0 Å². The molecule has 0 aliphatic heterocycles. The second-order valence-electron chi connectivity index (χ2n) is 5.91. The lowest BCUT2D eigenvalue weighted by molar-refractivity contribution is 0.424. The highest BCUT2D eigenvalue weighted by atomic mass is 14.9. The van der Waals surface area contributed by atoms with Crippen LogP contribution in [0.15, 0.2) is 48.5 Å². The summed E-state index contributed by atoms with van der Waals surface area (Å²) in [6.07, 6.45) is 1.09. The summed E-state index contributed by atoms with van der Waals surface area (Å²) in [6.45, 7) is 6.67. The summed E-state index contributed by atoms with van der Waals surface area (Å²) in [4.78, 5) is 0. The molecule has 2 rings (SSSR count). The number of benzene rings is 2. The fourth-order valence-corrected chi connectivity index (χ4v) is 2.58. The van der Waals surface area contributed by atoms with E-state index in [1.807, 2.05) is 7.05 Å². The Morgan fingerprint density at radius 3 is 2.20 bits per heavy atom. The van der Waals surface area contributed by atoms with Crippen molar-refractivity contribution in [2.75, 3.05) is 7.05 Å². The van der Waals surface area contributed by atoms with Crippen LogP contribution in [-0.2, 0) is 6.42 Å². The number of aryl methyl sites for hydroxylation is 1. The lowest BCUT2D eigenvalue weighted by atomic mass is 9.95. The molecular formula is C19H25N. The van der Waals surface area contributed by atoms with Gasteiger partial charge in [-0.2, -0.15) is 0 Å². The number of likely N-dealkylation sites (N-methyl/N-ethyl adjacent to an activating group) is 1. The first-order chi connectivity index (χ1) is 9.60. The monoisotopic (exact) mass is 267 g/mol. The van der Waals surface area contributed by atoms with Gasteiger partial charge in [-0.1, -0.05) is 67.9 Å². The van der Waals surface area contributed by atoms with Gasteiger partial charge in [-0.25, -0.2) is 0 Å². The molecule has 1 N–H and O–H groups in total. The van der Waals surface area contributed by atoms with Gasteiger partial charge in [0.2, 0.25) is 0 Å². The van der Waals surface area contributed by atoms with E-state index in [9.17, 15) is 0 Å². The number of rotatable bonds is 5. The summed E-state index contributed by atoms with van der Waals surface area (Å²) in [7, 11) is 2.05. The van der Waals surface area contributed by atoms with Gasteiger partial charge in [0, 0.05) is 6.04 Å². The molecule has 0 heterocycles. The van der Waals surface area contributed by atoms with Gasteiger partial charge in [-0.05, 0) is 43.0 Å². The van der Waals surface area contributed by atoms with E-state index in [-0.39, 0.29) is 0 Å². The summed E-state index contributed by atoms with van der Waals surface area (Å²) >= 11 is 0. The average molecular weight is 267 g/mol. The number of hydrogen-bond donors (Lipinski definition) is 1. The summed E-state index contributed by atoms with van der Waals surface area (Å²) in [5.41, 5.74) is 5.30. The molecule has 0 amide bonds. The highest BCUT2D eigenvalue weighted by Crippen LogP contribution is 2.21. The van der Waals surface area contributed by atoms with Crippen LogP contribution in [0, 0.1) is 12.8 Å². The highest BCUT2D eigenvalue weighted by molar-refractivity contribution is 5.64. The topological polar surface area (TPSA) is 12.0 Å².